The lowest BCUT2D eigenvalue weighted by molar-refractivity contribution is -0.144. The molecule has 0 aliphatic carbocycles. The smallest absolute Gasteiger partial charge is 0.303 e. The molecule has 0 aliphatic heterocycles. The van der Waals surface area contributed by atoms with E-state index in [9.17, 15) is 4.79 Å². The maximum atomic E-state index is 10.6. The van der Waals surface area contributed by atoms with Crippen LogP contribution < -0.4 is 5.73 Å². The Morgan fingerprint density at radius 1 is 1.42 bits per heavy atom. The van der Waals surface area contributed by atoms with Gasteiger partial charge < -0.3 is 10.5 Å². The normalized spacial score (nSPS) is 14.8. The van der Waals surface area contributed by atoms with E-state index in [0.717, 1.165) is 5.57 Å². The summed E-state index contributed by atoms with van der Waals surface area (Å²) in [6, 6.07) is -0.163. The SMILES string of the molecule is CC(=O)OC(C=C(C)C)[C@H](C)N. The summed E-state index contributed by atoms with van der Waals surface area (Å²) in [5, 5.41) is 0. The maximum Gasteiger partial charge on any atom is 0.303 e. The predicted octanol–water partition coefficient (Wildman–Crippen LogP) is 1.23. The van der Waals surface area contributed by atoms with Gasteiger partial charge in [-0.1, -0.05) is 5.57 Å². The zero-order valence-electron chi connectivity index (χ0n) is 8.13. The summed E-state index contributed by atoms with van der Waals surface area (Å²) in [6.45, 7) is 7.08. The Hall–Kier alpha value is -0.830. The Kier molecular flexibility index (Phi) is 4.59. The average Bonchev–Trinajstić information content (AvgIpc) is 1.83. The molecule has 0 aromatic carbocycles. The summed E-state index contributed by atoms with van der Waals surface area (Å²) in [6.07, 6.45) is 1.55. The van der Waals surface area contributed by atoms with Crippen molar-refractivity contribution < 1.29 is 9.53 Å². The highest BCUT2D eigenvalue weighted by molar-refractivity contribution is 5.66. The van der Waals surface area contributed by atoms with Gasteiger partial charge in [-0.25, -0.2) is 0 Å². The number of esters is 1. The number of nitrogens with two attached hydrogens (primary N) is 1. The van der Waals surface area contributed by atoms with Crippen molar-refractivity contribution >= 4 is 5.97 Å². The summed E-state index contributed by atoms with van der Waals surface area (Å²) < 4.78 is 4.98. The fourth-order valence-corrected chi connectivity index (χ4v) is 0.813. The molecule has 12 heavy (non-hydrogen) atoms. The van der Waals surface area contributed by atoms with Crippen LogP contribution in [0.25, 0.3) is 0 Å². The zero-order valence-corrected chi connectivity index (χ0v) is 8.13. The lowest BCUT2D eigenvalue weighted by atomic mass is 10.1. The van der Waals surface area contributed by atoms with Crippen LogP contribution in [0.5, 0.6) is 0 Å². The van der Waals surface area contributed by atoms with Crippen LogP contribution in [0.3, 0.4) is 0 Å². The van der Waals surface area contributed by atoms with E-state index in [2.05, 4.69) is 0 Å². The standard InChI is InChI=1S/C9H17NO2/c1-6(2)5-9(7(3)10)12-8(4)11/h5,7,9H,10H2,1-4H3/t7-,9?/m0/s1. The summed E-state index contributed by atoms with van der Waals surface area (Å²) in [7, 11) is 0. The van der Waals surface area contributed by atoms with Gasteiger partial charge in [-0.05, 0) is 26.8 Å². The molecule has 2 atom stereocenters. The first-order chi connectivity index (χ1) is 5.43. The molecule has 0 saturated heterocycles. The number of ether oxygens (including phenoxy) is 1. The largest absolute Gasteiger partial charge is 0.457 e. The monoisotopic (exact) mass is 171 g/mol. The molecular formula is C9H17NO2. The molecule has 70 valence electrons. The number of allylic oxidation sites excluding steroid dienone is 1. The first kappa shape index (κ1) is 11.2. The third-order valence-electron chi connectivity index (χ3n) is 1.32. The van der Waals surface area contributed by atoms with Gasteiger partial charge in [-0.15, -0.1) is 0 Å². The Labute approximate surface area is 73.6 Å². The molecule has 0 radical (unpaired) electrons. The molecule has 3 heteroatoms. The van der Waals surface area contributed by atoms with Gasteiger partial charge in [0.15, 0.2) is 0 Å². The van der Waals surface area contributed by atoms with E-state index in [4.69, 9.17) is 10.5 Å². The molecule has 0 spiro atoms. The summed E-state index contributed by atoms with van der Waals surface area (Å²) in [5.41, 5.74) is 6.71. The molecule has 0 rings (SSSR count). The molecule has 0 bridgehead atoms. The summed E-state index contributed by atoms with van der Waals surface area (Å²) in [5.74, 6) is -0.296. The van der Waals surface area contributed by atoms with Crippen LogP contribution in [0.2, 0.25) is 0 Å². The van der Waals surface area contributed by atoms with Crippen molar-refractivity contribution in [2.45, 2.75) is 39.8 Å². The highest BCUT2D eigenvalue weighted by Gasteiger charge is 2.13. The first-order valence-corrected chi connectivity index (χ1v) is 4.01. The molecule has 0 aliphatic rings. The van der Waals surface area contributed by atoms with Crippen molar-refractivity contribution in [1.82, 2.24) is 0 Å². The van der Waals surface area contributed by atoms with E-state index in [1.165, 1.54) is 6.92 Å². The van der Waals surface area contributed by atoms with Crippen LogP contribution >= 0.6 is 0 Å². The van der Waals surface area contributed by atoms with Crippen LogP contribution in [0.1, 0.15) is 27.7 Å². The molecule has 0 amide bonds. The Morgan fingerprint density at radius 2 is 1.92 bits per heavy atom. The average molecular weight is 171 g/mol. The Balaban J connectivity index is 4.24. The van der Waals surface area contributed by atoms with Gasteiger partial charge in [0.2, 0.25) is 0 Å². The summed E-state index contributed by atoms with van der Waals surface area (Å²) >= 11 is 0. The van der Waals surface area contributed by atoms with Gasteiger partial charge >= 0.3 is 5.97 Å². The topological polar surface area (TPSA) is 52.3 Å². The minimum atomic E-state index is -0.299. The van der Waals surface area contributed by atoms with E-state index in [1.807, 2.05) is 26.8 Å². The van der Waals surface area contributed by atoms with E-state index < -0.39 is 0 Å². The molecule has 0 heterocycles. The zero-order chi connectivity index (χ0) is 9.72. The number of carbonyl (C=O) groups excluding carboxylic acids is 1. The second kappa shape index (κ2) is 4.93. The van der Waals surface area contributed by atoms with Crippen molar-refractivity contribution in [3.05, 3.63) is 11.6 Å². The third-order valence-corrected chi connectivity index (χ3v) is 1.32. The van der Waals surface area contributed by atoms with Crippen LogP contribution in [-0.4, -0.2) is 18.1 Å². The molecule has 2 N–H and O–H groups in total. The number of hydrogen-bond donors (Lipinski definition) is 1. The van der Waals surface area contributed by atoms with Crippen LogP contribution in [0.4, 0.5) is 0 Å². The molecule has 0 aromatic heterocycles. The van der Waals surface area contributed by atoms with Crippen LogP contribution in [0.15, 0.2) is 11.6 Å². The lowest BCUT2D eigenvalue weighted by Gasteiger charge is -2.17. The molecular weight excluding hydrogens is 154 g/mol. The van der Waals surface area contributed by atoms with Crippen molar-refractivity contribution in [1.29, 1.82) is 0 Å². The molecule has 1 unspecified atom stereocenters. The minimum Gasteiger partial charge on any atom is -0.457 e. The molecule has 3 nitrogen and oxygen atoms in total. The van der Waals surface area contributed by atoms with Crippen LogP contribution in [0, 0.1) is 0 Å². The first-order valence-electron chi connectivity index (χ1n) is 4.01. The van der Waals surface area contributed by atoms with Gasteiger partial charge in [-0.2, -0.15) is 0 Å². The second-order valence-corrected chi connectivity index (χ2v) is 3.18. The fraction of sp³-hybridized carbons (Fsp3) is 0.667. The van der Waals surface area contributed by atoms with E-state index in [0.29, 0.717) is 0 Å². The highest BCUT2D eigenvalue weighted by atomic mass is 16.5. The second-order valence-electron chi connectivity index (χ2n) is 3.18. The van der Waals surface area contributed by atoms with E-state index in [-0.39, 0.29) is 18.1 Å². The minimum absolute atomic E-state index is 0.163. The molecule has 0 saturated carbocycles. The number of rotatable bonds is 3. The number of hydrogen-bond acceptors (Lipinski definition) is 3. The quantitative estimate of drug-likeness (QED) is 0.513. The summed E-state index contributed by atoms with van der Waals surface area (Å²) in [4.78, 5) is 10.6. The van der Waals surface area contributed by atoms with E-state index in [1.54, 1.807) is 0 Å². The van der Waals surface area contributed by atoms with E-state index >= 15 is 0 Å². The third kappa shape index (κ3) is 4.91. The molecule has 0 aromatic rings. The van der Waals surface area contributed by atoms with Gasteiger partial charge in [0.25, 0.3) is 0 Å². The van der Waals surface area contributed by atoms with Crippen molar-refractivity contribution in [2.75, 3.05) is 0 Å². The van der Waals surface area contributed by atoms with Crippen LogP contribution in [-0.2, 0) is 9.53 Å². The van der Waals surface area contributed by atoms with Gasteiger partial charge in [-0.3, -0.25) is 4.79 Å². The van der Waals surface area contributed by atoms with Gasteiger partial charge in [0.05, 0.1) is 0 Å². The molecule has 0 fully saturated rings. The predicted molar refractivity (Wildman–Crippen MR) is 48.6 cm³/mol. The van der Waals surface area contributed by atoms with Crippen molar-refractivity contribution in [2.24, 2.45) is 5.73 Å². The lowest BCUT2D eigenvalue weighted by Crippen LogP contribution is -2.33. The Morgan fingerprint density at radius 3 is 2.17 bits per heavy atom. The fourth-order valence-electron chi connectivity index (χ4n) is 0.813. The van der Waals surface area contributed by atoms with Gasteiger partial charge in [0, 0.05) is 13.0 Å². The highest BCUT2D eigenvalue weighted by Crippen LogP contribution is 2.03. The Bertz CT molecular complexity index is 181. The van der Waals surface area contributed by atoms with Crippen molar-refractivity contribution in [3.63, 3.8) is 0 Å². The van der Waals surface area contributed by atoms with Gasteiger partial charge in [0.1, 0.15) is 6.10 Å². The number of carbonyl (C=O) groups is 1. The van der Waals surface area contributed by atoms with Crippen molar-refractivity contribution in [3.8, 4) is 0 Å². The maximum absolute atomic E-state index is 10.6.